The number of hydrogen-bond donors (Lipinski definition) is 1. The molecule has 0 aliphatic carbocycles. The standard InChI is InChI=1S/C17H20F3NO5/c1-4-26-15(22)11-12(17(18,19)20)14(16(23)25-3)21-13(11)9-5-7-10(24-2)8-6-9/h5-8,11-14,21H,4H2,1-3H3/t11-,12+,13-,14-/m1/s1. The first kappa shape index (κ1) is 20.0. The second-order valence-corrected chi connectivity index (χ2v) is 5.76. The number of ether oxygens (including phenoxy) is 3. The number of rotatable bonds is 5. The Morgan fingerprint density at radius 2 is 1.73 bits per heavy atom. The van der Waals surface area contributed by atoms with Crippen molar-refractivity contribution in [1.29, 1.82) is 0 Å². The van der Waals surface area contributed by atoms with Gasteiger partial charge in [-0.05, 0) is 24.6 Å². The first-order chi connectivity index (χ1) is 12.2. The third kappa shape index (κ3) is 3.92. The second kappa shape index (κ2) is 7.94. The van der Waals surface area contributed by atoms with Gasteiger partial charge >= 0.3 is 18.1 Å². The lowest BCUT2D eigenvalue weighted by molar-refractivity contribution is -0.200. The molecule has 1 aliphatic rings. The summed E-state index contributed by atoms with van der Waals surface area (Å²) < 4.78 is 55.5. The zero-order valence-electron chi connectivity index (χ0n) is 14.5. The van der Waals surface area contributed by atoms with Crippen LogP contribution in [0.3, 0.4) is 0 Å². The molecule has 0 unspecified atom stereocenters. The van der Waals surface area contributed by atoms with Gasteiger partial charge in [-0.15, -0.1) is 0 Å². The summed E-state index contributed by atoms with van der Waals surface area (Å²) in [6.07, 6.45) is -4.80. The molecule has 1 heterocycles. The highest BCUT2D eigenvalue weighted by Gasteiger charge is 2.62. The van der Waals surface area contributed by atoms with E-state index >= 15 is 0 Å². The number of benzene rings is 1. The molecule has 0 bridgehead atoms. The van der Waals surface area contributed by atoms with E-state index in [0.29, 0.717) is 11.3 Å². The summed E-state index contributed by atoms with van der Waals surface area (Å²) in [7, 11) is 2.45. The van der Waals surface area contributed by atoms with Crippen LogP contribution in [0.25, 0.3) is 0 Å². The van der Waals surface area contributed by atoms with Crippen molar-refractivity contribution in [3.8, 4) is 5.75 Å². The van der Waals surface area contributed by atoms with Crippen molar-refractivity contribution < 1.29 is 37.0 Å². The number of methoxy groups -OCH3 is 2. The summed E-state index contributed by atoms with van der Waals surface area (Å²) in [4.78, 5) is 24.2. The normalized spacial score (nSPS) is 25.6. The van der Waals surface area contributed by atoms with Gasteiger partial charge in [-0.3, -0.25) is 14.9 Å². The van der Waals surface area contributed by atoms with Crippen molar-refractivity contribution in [2.75, 3.05) is 20.8 Å². The zero-order chi connectivity index (χ0) is 19.5. The molecular formula is C17H20F3NO5. The molecule has 9 heteroatoms. The van der Waals surface area contributed by atoms with Gasteiger partial charge in [0.15, 0.2) is 0 Å². The quantitative estimate of drug-likeness (QED) is 0.796. The number of halogens is 3. The molecular weight excluding hydrogens is 355 g/mol. The Balaban J connectivity index is 2.49. The van der Waals surface area contributed by atoms with Crippen LogP contribution >= 0.6 is 0 Å². The van der Waals surface area contributed by atoms with E-state index in [0.717, 1.165) is 7.11 Å². The predicted octanol–water partition coefficient (Wildman–Crippen LogP) is 2.24. The molecule has 1 aliphatic heterocycles. The highest BCUT2D eigenvalue weighted by Crippen LogP contribution is 2.46. The van der Waals surface area contributed by atoms with Crippen LogP contribution in [0.4, 0.5) is 13.2 Å². The fourth-order valence-corrected chi connectivity index (χ4v) is 3.19. The molecule has 2 rings (SSSR count). The highest BCUT2D eigenvalue weighted by atomic mass is 19.4. The van der Waals surface area contributed by atoms with Crippen LogP contribution < -0.4 is 10.1 Å². The average Bonchev–Trinajstić information content (AvgIpc) is 3.02. The summed E-state index contributed by atoms with van der Waals surface area (Å²) in [6.45, 7) is 1.43. The van der Waals surface area contributed by atoms with E-state index in [4.69, 9.17) is 9.47 Å². The molecule has 1 saturated heterocycles. The third-order valence-electron chi connectivity index (χ3n) is 4.33. The summed E-state index contributed by atoms with van der Waals surface area (Å²) in [5.41, 5.74) is 0.407. The van der Waals surface area contributed by atoms with Gasteiger partial charge in [0, 0.05) is 6.04 Å². The summed E-state index contributed by atoms with van der Waals surface area (Å²) in [6, 6.07) is 3.43. The van der Waals surface area contributed by atoms with E-state index < -0.39 is 42.0 Å². The molecule has 4 atom stereocenters. The maximum Gasteiger partial charge on any atom is 0.394 e. The molecule has 6 nitrogen and oxygen atoms in total. The van der Waals surface area contributed by atoms with Crippen molar-refractivity contribution in [3.63, 3.8) is 0 Å². The lowest BCUT2D eigenvalue weighted by atomic mass is 9.84. The Kier molecular flexibility index (Phi) is 6.12. The highest BCUT2D eigenvalue weighted by molar-refractivity contribution is 5.81. The molecule has 1 aromatic rings. The van der Waals surface area contributed by atoms with Crippen LogP contribution in [0.15, 0.2) is 24.3 Å². The van der Waals surface area contributed by atoms with Gasteiger partial charge in [-0.2, -0.15) is 13.2 Å². The zero-order valence-corrected chi connectivity index (χ0v) is 14.5. The van der Waals surface area contributed by atoms with Crippen molar-refractivity contribution in [3.05, 3.63) is 29.8 Å². The monoisotopic (exact) mass is 375 g/mol. The third-order valence-corrected chi connectivity index (χ3v) is 4.33. The van der Waals surface area contributed by atoms with E-state index in [1.807, 2.05) is 0 Å². The predicted molar refractivity (Wildman–Crippen MR) is 84.3 cm³/mol. The van der Waals surface area contributed by atoms with E-state index in [9.17, 15) is 22.8 Å². The van der Waals surface area contributed by atoms with Gasteiger partial charge in [-0.1, -0.05) is 12.1 Å². The number of carbonyl (C=O) groups is 2. The topological polar surface area (TPSA) is 73.9 Å². The Labute approximate surface area is 148 Å². The number of esters is 2. The van der Waals surface area contributed by atoms with E-state index in [2.05, 4.69) is 10.1 Å². The minimum absolute atomic E-state index is 0.0713. The second-order valence-electron chi connectivity index (χ2n) is 5.76. The van der Waals surface area contributed by atoms with Crippen molar-refractivity contribution >= 4 is 11.9 Å². The molecule has 0 radical (unpaired) electrons. The molecule has 1 fully saturated rings. The first-order valence-electron chi connectivity index (χ1n) is 7.95. The summed E-state index contributed by atoms with van der Waals surface area (Å²) in [5, 5.41) is 2.61. The Morgan fingerprint density at radius 3 is 2.19 bits per heavy atom. The minimum atomic E-state index is -4.80. The smallest absolute Gasteiger partial charge is 0.394 e. The number of nitrogens with one attached hydrogen (secondary N) is 1. The van der Waals surface area contributed by atoms with Crippen LogP contribution in [0.5, 0.6) is 5.75 Å². The SMILES string of the molecule is CCOC(=O)[C@@H]1[C@H](C(F)(F)F)[C@H](C(=O)OC)N[C@@H]1c1ccc(OC)cc1. The molecule has 1 aromatic carbocycles. The lowest BCUT2D eigenvalue weighted by Crippen LogP contribution is -2.45. The molecule has 26 heavy (non-hydrogen) atoms. The van der Waals surface area contributed by atoms with Gasteiger partial charge in [0.1, 0.15) is 11.8 Å². The van der Waals surface area contributed by atoms with Crippen molar-refractivity contribution in [2.24, 2.45) is 11.8 Å². The van der Waals surface area contributed by atoms with E-state index in [1.165, 1.54) is 26.2 Å². The van der Waals surface area contributed by atoms with E-state index in [-0.39, 0.29) is 6.61 Å². The van der Waals surface area contributed by atoms with Gasteiger partial charge < -0.3 is 14.2 Å². The molecule has 1 N–H and O–H groups in total. The maximum absolute atomic E-state index is 13.7. The van der Waals surface area contributed by atoms with Gasteiger partial charge in [0.25, 0.3) is 0 Å². The fraction of sp³-hybridized carbons (Fsp3) is 0.529. The number of hydrogen-bond acceptors (Lipinski definition) is 6. The Morgan fingerprint density at radius 1 is 1.12 bits per heavy atom. The van der Waals surface area contributed by atoms with Crippen LogP contribution in [0, 0.1) is 11.8 Å². The number of alkyl halides is 3. The van der Waals surface area contributed by atoms with Crippen LogP contribution in [-0.2, 0) is 19.1 Å². The largest absolute Gasteiger partial charge is 0.497 e. The van der Waals surface area contributed by atoms with Gasteiger partial charge in [0.05, 0.1) is 32.7 Å². The minimum Gasteiger partial charge on any atom is -0.497 e. The molecule has 0 amide bonds. The van der Waals surface area contributed by atoms with Crippen molar-refractivity contribution in [1.82, 2.24) is 5.32 Å². The molecule has 0 saturated carbocycles. The van der Waals surface area contributed by atoms with Crippen LogP contribution in [0.1, 0.15) is 18.5 Å². The first-order valence-corrected chi connectivity index (χ1v) is 7.95. The van der Waals surface area contributed by atoms with Gasteiger partial charge in [-0.25, -0.2) is 0 Å². The molecule has 144 valence electrons. The average molecular weight is 375 g/mol. The summed E-state index contributed by atoms with van der Waals surface area (Å²) >= 11 is 0. The Hall–Kier alpha value is -2.29. The number of carbonyl (C=O) groups excluding carboxylic acids is 2. The van der Waals surface area contributed by atoms with Crippen LogP contribution in [0.2, 0.25) is 0 Å². The Bertz CT molecular complexity index is 647. The maximum atomic E-state index is 13.7. The van der Waals surface area contributed by atoms with Crippen molar-refractivity contribution in [2.45, 2.75) is 25.2 Å². The van der Waals surface area contributed by atoms with Crippen LogP contribution in [-0.4, -0.2) is 45.0 Å². The molecule has 0 aromatic heterocycles. The van der Waals surface area contributed by atoms with E-state index in [1.54, 1.807) is 12.1 Å². The molecule has 0 spiro atoms. The lowest BCUT2D eigenvalue weighted by Gasteiger charge is -2.25. The fourth-order valence-electron chi connectivity index (χ4n) is 3.19. The van der Waals surface area contributed by atoms with Gasteiger partial charge in [0.2, 0.25) is 0 Å². The summed E-state index contributed by atoms with van der Waals surface area (Å²) in [5.74, 6) is -5.47.